The first-order valence-electron chi connectivity index (χ1n) is 7.51. The Hall–Kier alpha value is -1.49. The summed E-state index contributed by atoms with van der Waals surface area (Å²) >= 11 is 0. The number of benzene rings is 1. The van der Waals surface area contributed by atoms with Crippen LogP contribution in [0.5, 0.6) is 0 Å². The van der Waals surface area contributed by atoms with Crippen LogP contribution in [0.1, 0.15) is 44.2 Å². The Morgan fingerprint density at radius 3 is 2.76 bits per heavy atom. The van der Waals surface area contributed by atoms with Crippen molar-refractivity contribution in [3.8, 4) is 0 Å². The van der Waals surface area contributed by atoms with Gasteiger partial charge in [-0.15, -0.1) is 0 Å². The van der Waals surface area contributed by atoms with E-state index in [1.165, 1.54) is 12.1 Å². The molecule has 0 aliphatic carbocycles. The highest BCUT2D eigenvalue weighted by atomic mass is 19.1. The molecule has 21 heavy (non-hydrogen) atoms. The summed E-state index contributed by atoms with van der Waals surface area (Å²) in [5.74, 6) is -0.721. The van der Waals surface area contributed by atoms with Gasteiger partial charge in [0.25, 0.3) is 0 Å². The van der Waals surface area contributed by atoms with E-state index in [0.717, 1.165) is 38.4 Å². The largest absolute Gasteiger partial charge is 0.349 e. The van der Waals surface area contributed by atoms with Crippen LogP contribution >= 0.6 is 0 Å². The van der Waals surface area contributed by atoms with Crippen molar-refractivity contribution in [2.24, 2.45) is 5.92 Å². The van der Waals surface area contributed by atoms with E-state index in [1.54, 1.807) is 6.92 Å². The van der Waals surface area contributed by atoms with Gasteiger partial charge in [0.15, 0.2) is 0 Å². The molecule has 0 saturated carbocycles. The molecule has 1 atom stereocenters. The number of rotatable bonds is 5. The number of hydrogen-bond donors (Lipinski definition) is 2. The Morgan fingerprint density at radius 2 is 2.10 bits per heavy atom. The van der Waals surface area contributed by atoms with Gasteiger partial charge in [-0.2, -0.15) is 0 Å². The number of carbonyl (C=O) groups excluding carboxylic acids is 1. The second-order valence-electron chi connectivity index (χ2n) is 5.69. The Labute approximate surface area is 124 Å². The van der Waals surface area contributed by atoms with Crippen LogP contribution in [-0.2, 0) is 4.79 Å². The molecular formula is C16H22F2N2O. The first-order chi connectivity index (χ1) is 10.1. The molecule has 1 saturated heterocycles. The smallest absolute Gasteiger partial charge is 0.220 e. The number of nitrogens with one attached hydrogen (secondary N) is 2. The van der Waals surface area contributed by atoms with Gasteiger partial charge in [-0.1, -0.05) is 6.07 Å². The zero-order chi connectivity index (χ0) is 15.2. The molecule has 0 radical (unpaired) electrons. The van der Waals surface area contributed by atoms with Crippen molar-refractivity contribution >= 4 is 5.91 Å². The summed E-state index contributed by atoms with van der Waals surface area (Å²) in [4.78, 5) is 11.9. The van der Waals surface area contributed by atoms with Gasteiger partial charge in [0.2, 0.25) is 5.91 Å². The van der Waals surface area contributed by atoms with E-state index in [1.807, 2.05) is 0 Å². The molecule has 1 unspecified atom stereocenters. The van der Waals surface area contributed by atoms with Gasteiger partial charge in [-0.25, -0.2) is 8.78 Å². The van der Waals surface area contributed by atoms with Crippen molar-refractivity contribution in [2.45, 2.75) is 38.6 Å². The molecule has 1 fully saturated rings. The molecule has 3 nitrogen and oxygen atoms in total. The van der Waals surface area contributed by atoms with E-state index >= 15 is 0 Å². The number of amides is 1. The van der Waals surface area contributed by atoms with Crippen molar-refractivity contribution in [3.63, 3.8) is 0 Å². The minimum atomic E-state index is -0.624. The molecule has 5 heteroatoms. The fourth-order valence-corrected chi connectivity index (χ4v) is 2.75. The van der Waals surface area contributed by atoms with Crippen LogP contribution in [0.2, 0.25) is 0 Å². The lowest BCUT2D eigenvalue weighted by atomic mass is 9.93. The van der Waals surface area contributed by atoms with Gasteiger partial charge in [-0.05, 0) is 51.3 Å². The van der Waals surface area contributed by atoms with E-state index in [9.17, 15) is 13.6 Å². The molecule has 0 spiro atoms. The second-order valence-corrected chi connectivity index (χ2v) is 5.69. The van der Waals surface area contributed by atoms with Gasteiger partial charge in [0.05, 0.1) is 6.04 Å². The Balaban J connectivity index is 1.81. The summed E-state index contributed by atoms with van der Waals surface area (Å²) in [6, 6.07) is 2.97. The van der Waals surface area contributed by atoms with Gasteiger partial charge in [-0.3, -0.25) is 4.79 Å². The van der Waals surface area contributed by atoms with E-state index < -0.39 is 17.7 Å². The molecule has 1 heterocycles. The number of carbonyl (C=O) groups is 1. The summed E-state index contributed by atoms with van der Waals surface area (Å²) in [5.41, 5.74) is 0.312. The van der Waals surface area contributed by atoms with Crippen LogP contribution in [0.25, 0.3) is 0 Å². The third-order valence-corrected chi connectivity index (χ3v) is 4.04. The summed E-state index contributed by atoms with van der Waals surface area (Å²) in [6.45, 7) is 3.74. The topological polar surface area (TPSA) is 41.1 Å². The minimum absolute atomic E-state index is 0.0789. The van der Waals surface area contributed by atoms with Crippen LogP contribution in [0.3, 0.4) is 0 Å². The maximum atomic E-state index is 13.6. The normalized spacial score (nSPS) is 17.5. The fourth-order valence-electron chi connectivity index (χ4n) is 2.75. The van der Waals surface area contributed by atoms with E-state index in [-0.39, 0.29) is 5.91 Å². The van der Waals surface area contributed by atoms with E-state index in [0.29, 0.717) is 17.9 Å². The quantitative estimate of drug-likeness (QED) is 0.877. The molecule has 1 aliphatic heterocycles. The van der Waals surface area contributed by atoms with Crippen LogP contribution in [0.15, 0.2) is 18.2 Å². The van der Waals surface area contributed by atoms with Crippen molar-refractivity contribution in [1.82, 2.24) is 10.6 Å². The van der Waals surface area contributed by atoms with Gasteiger partial charge >= 0.3 is 0 Å². The summed E-state index contributed by atoms with van der Waals surface area (Å²) < 4.78 is 26.5. The highest BCUT2D eigenvalue weighted by Crippen LogP contribution is 2.20. The number of piperidine rings is 1. The highest BCUT2D eigenvalue weighted by Gasteiger charge is 2.17. The minimum Gasteiger partial charge on any atom is -0.349 e. The summed E-state index contributed by atoms with van der Waals surface area (Å²) in [7, 11) is 0. The standard InChI is InChI=1S/C16H22F2N2O/c1-11(14-4-3-13(17)10-15(14)18)20-16(21)5-2-12-6-8-19-9-7-12/h3-4,10-12,19H,2,5-9H2,1H3,(H,20,21). The lowest BCUT2D eigenvalue weighted by molar-refractivity contribution is -0.122. The monoisotopic (exact) mass is 296 g/mol. The second kappa shape index (κ2) is 7.50. The highest BCUT2D eigenvalue weighted by molar-refractivity contribution is 5.76. The molecule has 1 aliphatic rings. The molecule has 0 bridgehead atoms. The molecule has 116 valence electrons. The van der Waals surface area contributed by atoms with Crippen molar-refractivity contribution in [2.75, 3.05) is 13.1 Å². The number of halogens is 2. The van der Waals surface area contributed by atoms with Crippen molar-refractivity contribution in [1.29, 1.82) is 0 Å². The molecule has 2 N–H and O–H groups in total. The van der Waals surface area contributed by atoms with Crippen LogP contribution < -0.4 is 10.6 Å². The maximum absolute atomic E-state index is 13.6. The maximum Gasteiger partial charge on any atom is 0.220 e. The lowest BCUT2D eigenvalue weighted by Gasteiger charge is -2.22. The first-order valence-corrected chi connectivity index (χ1v) is 7.51. The summed E-state index contributed by atoms with van der Waals surface area (Å²) in [6.07, 6.45) is 3.54. The predicted molar refractivity (Wildman–Crippen MR) is 77.7 cm³/mol. The SMILES string of the molecule is CC(NC(=O)CCC1CCNCC1)c1ccc(F)cc1F. The first kappa shape index (κ1) is 15.9. The van der Waals surface area contributed by atoms with Crippen LogP contribution in [0.4, 0.5) is 8.78 Å². The molecule has 1 aromatic rings. The Kier molecular flexibility index (Phi) is 5.67. The predicted octanol–water partition coefficient (Wildman–Crippen LogP) is 2.92. The van der Waals surface area contributed by atoms with Gasteiger partial charge < -0.3 is 10.6 Å². The third-order valence-electron chi connectivity index (χ3n) is 4.04. The van der Waals surface area contributed by atoms with Gasteiger partial charge in [0, 0.05) is 18.1 Å². The van der Waals surface area contributed by atoms with Crippen LogP contribution in [0, 0.1) is 17.6 Å². The van der Waals surface area contributed by atoms with E-state index in [2.05, 4.69) is 10.6 Å². The Bertz CT molecular complexity index is 487. The summed E-state index contributed by atoms with van der Waals surface area (Å²) in [5, 5.41) is 6.07. The van der Waals surface area contributed by atoms with Gasteiger partial charge in [0.1, 0.15) is 11.6 Å². The van der Waals surface area contributed by atoms with Crippen molar-refractivity contribution in [3.05, 3.63) is 35.4 Å². The third kappa shape index (κ3) is 4.77. The average Bonchev–Trinajstić information content (AvgIpc) is 2.46. The zero-order valence-corrected chi connectivity index (χ0v) is 12.3. The Morgan fingerprint density at radius 1 is 1.38 bits per heavy atom. The molecule has 1 amide bonds. The molecular weight excluding hydrogens is 274 g/mol. The zero-order valence-electron chi connectivity index (χ0n) is 12.3. The molecule has 1 aromatic carbocycles. The average molecular weight is 296 g/mol. The molecule has 0 aromatic heterocycles. The van der Waals surface area contributed by atoms with E-state index in [4.69, 9.17) is 0 Å². The van der Waals surface area contributed by atoms with Crippen molar-refractivity contribution < 1.29 is 13.6 Å². The number of hydrogen-bond acceptors (Lipinski definition) is 2. The van der Waals surface area contributed by atoms with Crippen LogP contribution in [-0.4, -0.2) is 19.0 Å². The fraction of sp³-hybridized carbons (Fsp3) is 0.562. The molecule has 2 rings (SSSR count). The lowest BCUT2D eigenvalue weighted by Crippen LogP contribution is -2.30.